The second-order valence-corrected chi connectivity index (χ2v) is 2.95. The molecule has 0 fully saturated rings. The zero-order valence-corrected chi connectivity index (χ0v) is 7.02. The number of rotatable bonds is 0. The third-order valence-electron chi connectivity index (χ3n) is 2.00. The average Bonchev–Trinajstić information content (AvgIpc) is 2.10. The van der Waals surface area contributed by atoms with Gasteiger partial charge in [0.05, 0.1) is 5.56 Å². The van der Waals surface area contributed by atoms with Gasteiger partial charge in [-0.3, -0.25) is 9.59 Å². The first-order chi connectivity index (χ1) is 6.59. The highest BCUT2D eigenvalue weighted by Gasteiger charge is 2.23. The molecule has 1 aliphatic carbocycles. The molecule has 0 saturated carbocycles. The van der Waals surface area contributed by atoms with E-state index in [1.54, 1.807) is 0 Å². The monoisotopic (exact) mass is 190 g/mol. The highest BCUT2D eigenvalue weighted by atomic mass is 16.3. The Kier molecular flexibility index (Phi) is 1.64. The molecule has 0 spiro atoms. The van der Waals surface area contributed by atoms with Crippen molar-refractivity contribution in [1.82, 2.24) is 0 Å². The smallest absolute Gasteiger partial charge is 0.190 e. The Morgan fingerprint density at radius 1 is 0.929 bits per heavy atom. The minimum Gasteiger partial charge on any atom is -0.508 e. The van der Waals surface area contributed by atoms with E-state index in [-0.39, 0.29) is 22.6 Å². The minimum atomic E-state index is -0.433. The molecule has 1 aromatic carbocycles. The Bertz CT molecular complexity index is 471. The fourth-order valence-electron chi connectivity index (χ4n) is 1.39. The van der Waals surface area contributed by atoms with Gasteiger partial charge in [-0.1, -0.05) is 0 Å². The molecule has 2 rings (SSSR count). The van der Waals surface area contributed by atoms with Gasteiger partial charge in [-0.25, -0.2) is 0 Å². The molecule has 0 aliphatic heterocycles. The third kappa shape index (κ3) is 1.08. The van der Waals surface area contributed by atoms with Crippen molar-refractivity contribution in [3.05, 3.63) is 35.4 Å². The number of ketones is 2. The van der Waals surface area contributed by atoms with Crippen LogP contribution in [0.1, 0.15) is 20.7 Å². The van der Waals surface area contributed by atoms with Gasteiger partial charge in [-0.15, -0.1) is 0 Å². The summed E-state index contributed by atoms with van der Waals surface area (Å²) in [7, 11) is 0. The van der Waals surface area contributed by atoms with Gasteiger partial charge in [0.15, 0.2) is 11.6 Å². The summed E-state index contributed by atoms with van der Waals surface area (Å²) in [5.74, 6) is -1.44. The highest BCUT2D eigenvalue weighted by Crippen LogP contribution is 2.30. The summed E-state index contributed by atoms with van der Waals surface area (Å²) in [6, 6.07) is 2.20. The third-order valence-corrected chi connectivity index (χ3v) is 2.00. The number of allylic oxidation sites excluding steroid dienone is 2. The number of hydrogen-bond acceptors (Lipinski definition) is 4. The van der Waals surface area contributed by atoms with Crippen molar-refractivity contribution in [3.8, 4) is 11.5 Å². The van der Waals surface area contributed by atoms with Crippen LogP contribution in [-0.2, 0) is 0 Å². The van der Waals surface area contributed by atoms with Crippen molar-refractivity contribution < 1.29 is 19.8 Å². The molecular weight excluding hydrogens is 184 g/mol. The topological polar surface area (TPSA) is 74.6 Å². The van der Waals surface area contributed by atoms with E-state index >= 15 is 0 Å². The van der Waals surface area contributed by atoms with Crippen molar-refractivity contribution in [2.45, 2.75) is 0 Å². The van der Waals surface area contributed by atoms with Gasteiger partial charge >= 0.3 is 0 Å². The Morgan fingerprint density at radius 3 is 2.29 bits per heavy atom. The van der Waals surface area contributed by atoms with Gasteiger partial charge in [0.2, 0.25) is 0 Å². The molecule has 2 N–H and O–H groups in total. The summed E-state index contributed by atoms with van der Waals surface area (Å²) in [4.78, 5) is 22.6. The molecular formula is C10H6O4. The van der Waals surface area contributed by atoms with Gasteiger partial charge in [0, 0.05) is 11.6 Å². The van der Waals surface area contributed by atoms with E-state index in [1.807, 2.05) is 0 Å². The fraction of sp³-hybridized carbons (Fsp3) is 0. The first-order valence-corrected chi connectivity index (χ1v) is 3.92. The molecule has 0 saturated heterocycles. The zero-order chi connectivity index (χ0) is 10.3. The highest BCUT2D eigenvalue weighted by molar-refractivity contribution is 6.23. The predicted molar refractivity (Wildman–Crippen MR) is 47.6 cm³/mol. The lowest BCUT2D eigenvalue weighted by Gasteiger charge is -2.10. The first-order valence-electron chi connectivity index (χ1n) is 3.92. The molecule has 4 heteroatoms. The Morgan fingerprint density at radius 2 is 1.57 bits per heavy atom. The number of hydrogen-bond donors (Lipinski definition) is 2. The van der Waals surface area contributed by atoms with Gasteiger partial charge in [0.25, 0.3) is 0 Å². The van der Waals surface area contributed by atoms with Gasteiger partial charge in [-0.05, 0) is 18.2 Å². The van der Waals surface area contributed by atoms with E-state index in [2.05, 4.69) is 0 Å². The number of aromatic hydroxyl groups is 2. The molecule has 70 valence electrons. The fourth-order valence-corrected chi connectivity index (χ4v) is 1.39. The second-order valence-electron chi connectivity index (χ2n) is 2.95. The quantitative estimate of drug-likeness (QED) is 0.640. The van der Waals surface area contributed by atoms with Crippen molar-refractivity contribution in [2.24, 2.45) is 0 Å². The first kappa shape index (κ1) is 8.50. The summed E-state index contributed by atoms with van der Waals surface area (Å²) < 4.78 is 0. The molecule has 14 heavy (non-hydrogen) atoms. The van der Waals surface area contributed by atoms with Gasteiger partial charge < -0.3 is 10.2 Å². The Hall–Kier alpha value is -2.10. The SMILES string of the molecule is O=C1C=CC(=O)c2c(O)cc(O)cc21. The Labute approximate surface area is 79.1 Å². The van der Waals surface area contributed by atoms with Crippen LogP contribution in [0.25, 0.3) is 0 Å². The summed E-state index contributed by atoms with van der Waals surface area (Å²) >= 11 is 0. The number of benzene rings is 1. The summed E-state index contributed by atoms with van der Waals surface area (Å²) in [6.07, 6.45) is 2.21. The number of carbonyl (C=O) groups excluding carboxylic acids is 2. The predicted octanol–water partition coefficient (Wildman–Crippen LogP) is 1.03. The van der Waals surface area contributed by atoms with Crippen LogP contribution >= 0.6 is 0 Å². The second kappa shape index (κ2) is 2.70. The van der Waals surface area contributed by atoms with E-state index in [9.17, 15) is 14.7 Å². The van der Waals surface area contributed by atoms with Crippen LogP contribution in [0, 0.1) is 0 Å². The van der Waals surface area contributed by atoms with Gasteiger partial charge in [-0.2, -0.15) is 0 Å². The minimum absolute atomic E-state index is 0.0370. The molecule has 4 nitrogen and oxygen atoms in total. The molecule has 0 radical (unpaired) electrons. The largest absolute Gasteiger partial charge is 0.508 e. The molecule has 0 heterocycles. The van der Waals surface area contributed by atoms with E-state index in [0.717, 1.165) is 18.2 Å². The van der Waals surface area contributed by atoms with E-state index in [1.165, 1.54) is 6.07 Å². The van der Waals surface area contributed by atoms with E-state index < -0.39 is 11.6 Å². The van der Waals surface area contributed by atoms with Crippen LogP contribution < -0.4 is 0 Å². The molecule has 0 bridgehead atoms. The van der Waals surface area contributed by atoms with Gasteiger partial charge in [0.1, 0.15) is 11.5 Å². The lowest BCUT2D eigenvalue weighted by Crippen LogP contribution is -2.11. The van der Waals surface area contributed by atoms with Crippen LogP contribution in [0.3, 0.4) is 0 Å². The maximum atomic E-state index is 11.3. The normalized spacial score (nSPS) is 14.3. The number of carbonyl (C=O) groups is 2. The number of phenolic OH excluding ortho intramolecular Hbond substituents is 2. The van der Waals surface area contributed by atoms with E-state index in [4.69, 9.17) is 5.11 Å². The molecule has 1 aromatic rings. The van der Waals surface area contributed by atoms with Crippen molar-refractivity contribution in [3.63, 3.8) is 0 Å². The maximum Gasteiger partial charge on any atom is 0.190 e. The molecule has 1 aliphatic rings. The van der Waals surface area contributed by atoms with E-state index in [0.29, 0.717) is 0 Å². The molecule has 0 atom stereocenters. The summed E-state index contributed by atoms with van der Waals surface area (Å²) in [5.41, 5.74) is -0.00898. The van der Waals surface area contributed by atoms with Crippen molar-refractivity contribution in [1.29, 1.82) is 0 Å². The van der Waals surface area contributed by atoms with Crippen molar-refractivity contribution in [2.75, 3.05) is 0 Å². The average molecular weight is 190 g/mol. The Balaban J connectivity index is 2.78. The number of phenols is 2. The van der Waals surface area contributed by atoms with Crippen LogP contribution in [0.4, 0.5) is 0 Å². The summed E-state index contributed by atoms with van der Waals surface area (Å²) in [6.45, 7) is 0. The van der Waals surface area contributed by atoms with Crippen LogP contribution in [-0.4, -0.2) is 21.8 Å². The van der Waals surface area contributed by atoms with Crippen molar-refractivity contribution >= 4 is 11.6 Å². The summed E-state index contributed by atoms with van der Waals surface area (Å²) in [5, 5.41) is 18.5. The molecule has 0 aromatic heterocycles. The standard InChI is InChI=1S/C10H6O4/c11-5-3-6-7(12)1-2-8(13)10(6)9(14)4-5/h1-4,11,14H. The number of fused-ring (bicyclic) bond motifs is 1. The van der Waals surface area contributed by atoms with Crippen LogP contribution in [0.5, 0.6) is 11.5 Å². The lowest BCUT2D eigenvalue weighted by atomic mass is 9.94. The molecule has 0 amide bonds. The molecule has 0 unspecified atom stereocenters. The maximum absolute atomic E-state index is 11.3. The van der Waals surface area contributed by atoms with Crippen LogP contribution in [0.15, 0.2) is 24.3 Å². The van der Waals surface area contributed by atoms with Crippen LogP contribution in [0.2, 0.25) is 0 Å². The lowest BCUT2D eigenvalue weighted by molar-refractivity contribution is 0.0991. The zero-order valence-electron chi connectivity index (χ0n) is 7.02.